The standard InChI is InChI=1S/C12H13ClN2O2/c1-8(9-4-2-3-5-10(9)13)15-7-6-11(16)14-12(15)17/h2-5,8H,6-7H2,1H3,(H,14,16,17). The van der Waals surface area contributed by atoms with Crippen LogP contribution in [0.2, 0.25) is 5.02 Å². The van der Waals surface area contributed by atoms with Crippen LogP contribution in [0.3, 0.4) is 0 Å². The van der Waals surface area contributed by atoms with Crippen molar-refractivity contribution in [2.75, 3.05) is 6.54 Å². The number of nitrogens with one attached hydrogen (secondary N) is 1. The van der Waals surface area contributed by atoms with E-state index in [2.05, 4.69) is 5.32 Å². The number of carbonyl (C=O) groups is 2. The summed E-state index contributed by atoms with van der Waals surface area (Å²) < 4.78 is 0. The Bertz CT molecular complexity index is 462. The van der Waals surface area contributed by atoms with Gasteiger partial charge in [-0.25, -0.2) is 4.79 Å². The molecule has 2 rings (SSSR count). The number of benzene rings is 1. The monoisotopic (exact) mass is 252 g/mol. The molecule has 1 fully saturated rings. The van der Waals surface area contributed by atoms with E-state index in [1.807, 2.05) is 25.1 Å². The molecule has 4 nitrogen and oxygen atoms in total. The minimum atomic E-state index is -0.353. The smallest absolute Gasteiger partial charge is 0.317 e. The number of rotatable bonds is 2. The molecule has 0 aliphatic carbocycles. The Balaban J connectivity index is 2.20. The van der Waals surface area contributed by atoms with Crippen LogP contribution in [0, 0.1) is 0 Å². The highest BCUT2D eigenvalue weighted by molar-refractivity contribution is 6.31. The van der Waals surface area contributed by atoms with Crippen molar-refractivity contribution in [1.82, 2.24) is 10.2 Å². The number of carbonyl (C=O) groups excluding carboxylic acids is 2. The molecule has 1 aliphatic heterocycles. The Morgan fingerprint density at radius 3 is 2.71 bits per heavy atom. The van der Waals surface area contributed by atoms with Crippen molar-refractivity contribution in [1.29, 1.82) is 0 Å². The number of hydrogen-bond acceptors (Lipinski definition) is 2. The van der Waals surface area contributed by atoms with Crippen LogP contribution in [0.15, 0.2) is 24.3 Å². The fourth-order valence-electron chi connectivity index (χ4n) is 1.93. The molecule has 1 aromatic carbocycles. The third kappa shape index (κ3) is 2.42. The molecule has 1 atom stereocenters. The van der Waals surface area contributed by atoms with E-state index in [0.29, 0.717) is 18.0 Å². The van der Waals surface area contributed by atoms with Crippen molar-refractivity contribution in [3.05, 3.63) is 34.9 Å². The number of nitrogens with zero attached hydrogens (tertiary/aromatic N) is 1. The summed E-state index contributed by atoms with van der Waals surface area (Å²) in [7, 11) is 0. The Labute approximate surface area is 105 Å². The van der Waals surface area contributed by atoms with Gasteiger partial charge in [0.25, 0.3) is 0 Å². The number of halogens is 1. The van der Waals surface area contributed by atoms with Gasteiger partial charge in [-0.3, -0.25) is 10.1 Å². The van der Waals surface area contributed by atoms with Gasteiger partial charge in [-0.1, -0.05) is 29.8 Å². The van der Waals surface area contributed by atoms with Crippen molar-refractivity contribution in [3.63, 3.8) is 0 Å². The Kier molecular flexibility index (Phi) is 3.33. The first kappa shape index (κ1) is 11.9. The van der Waals surface area contributed by atoms with Crippen LogP contribution in [0.4, 0.5) is 4.79 Å². The number of hydrogen-bond donors (Lipinski definition) is 1. The molecule has 0 bridgehead atoms. The lowest BCUT2D eigenvalue weighted by atomic mass is 10.1. The lowest BCUT2D eigenvalue weighted by Gasteiger charge is -2.32. The van der Waals surface area contributed by atoms with Crippen LogP contribution >= 0.6 is 11.6 Å². The normalized spacial score (nSPS) is 17.9. The molecular formula is C12H13ClN2O2. The Hall–Kier alpha value is -1.55. The highest BCUT2D eigenvalue weighted by atomic mass is 35.5. The largest absolute Gasteiger partial charge is 0.324 e. The molecule has 1 N–H and O–H groups in total. The van der Waals surface area contributed by atoms with E-state index in [0.717, 1.165) is 5.56 Å². The van der Waals surface area contributed by atoms with Gasteiger partial charge in [-0.2, -0.15) is 0 Å². The number of imide groups is 1. The maximum absolute atomic E-state index is 11.7. The second kappa shape index (κ2) is 4.75. The van der Waals surface area contributed by atoms with Gasteiger partial charge >= 0.3 is 6.03 Å². The molecule has 0 spiro atoms. The van der Waals surface area contributed by atoms with Gasteiger partial charge in [-0.05, 0) is 18.6 Å². The van der Waals surface area contributed by atoms with Gasteiger partial charge in [0, 0.05) is 18.0 Å². The molecule has 1 heterocycles. The van der Waals surface area contributed by atoms with Crippen LogP contribution in [-0.2, 0) is 4.79 Å². The van der Waals surface area contributed by atoms with E-state index in [1.54, 1.807) is 11.0 Å². The minimum absolute atomic E-state index is 0.142. The predicted octanol–water partition coefficient (Wildman–Crippen LogP) is 2.34. The third-order valence-corrected chi connectivity index (χ3v) is 3.25. The highest BCUT2D eigenvalue weighted by Crippen LogP contribution is 2.27. The molecule has 3 amide bonds. The summed E-state index contributed by atoms with van der Waals surface area (Å²) >= 11 is 6.09. The zero-order chi connectivity index (χ0) is 12.4. The molecule has 1 aromatic rings. The molecule has 1 saturated heterocycles. The van der Waals surface area contributed by atoms with Crippen LogP contribution in [-0.4, -0.2) is 23.4 Å². The Morgan fingerprint density at radius 1 is 1.35 bits per heavy atom. The molecular weight excluding hydrogens is 240 g/mol. The van der Waals surface area contributed by atoms with E-state index in [-0.39, 0.29) is 18.0 Å². The number of urea groups is 1. The zero-order valence-electron chi connectivity index (χ0n) is 9.44. The van der Waals surface area contributed by atoms with Gasteiger partial charge in [0.1, 0.15) is 0 Å². The summed E-state index contributed by atoms with van der Waals surface area (Å²) in [5.41, 5.74) is 0.888. The molecule has 1 unspecified atom stereocenters. The van der Waals surface area contributed by atoms with Gasteiger partial charge in [0.15, 0.2) is 0 Å². The SMILES string of the molecule is CC(c1ccccc1Cl)N1CCC(=O)NC1=O. The first-order valence-electron chi connectivity index (χ1n) is 5.44. The summed E-state index contributed by atoms with van der Waals surface area (Å²) in [6, 6.07) is 6.91. The average molecular weight is 253 g/mol. The van der Waals surface area contributed by atoms with Crippen molar-refractivity contribution in [2.45, 2.75) is 19.4 Å². The summed E-state index contributed by atoms with van der Waals surface area (Å²) in [5, 5.41) is 2.93. The van der Waals surface area contributed by atoms with Crippen LogP contribution in [0.1, 0.15) is 24.9 Å². The average Bonchev–Trinajstić information content (AvgIpc) is 2.29. The van der Waals surface area contributed by atoms with Crippen LogP contribution in [0.5, 0.6) is 0 Å². The van der Waals surface area contributed by atoms with E-state index >= 15 is 0 Å². The van der Waals surface area contributed by atoms with Gasteiger partial charge in [-0.15, -0.1) is 0 Å². The van der Waals surface area contributed by atoms with Crippen molar-refractivity contribution >= 4 is 23.5 Å². The summed E-state index contributed by atoms with van der Waals surface area (Å²) in [6.07, 6.45) is 0.334. The first-order chi connectivity index (χ1) is 8.09. The van der Waals surface area contributed by atoms with Crippen molar-refractivity contribution in [3.8, 4) is 0 Å². The van der Waals surface area contributed by atoms with Gasteiger partial charge < -0.3 is 4.90 Å². The molecule has 90 valence electrons. The fraction of sp³-hybridized carbons (Fsp3) is 0.333. The van der Waals surface area contributed by atoms with Crippen molar-refractivity contribution < 1.29 is 9.59 Å². The van der Waals surface area contributed by atoms with Gasteiger partial charge in [0.2, 0.25) is 5.91 Å². The van der Waals surface area contributed by atoms with Crippen LogP contribution in [0.25, 0.3) is 0 Å². The molecule has 0 radical (unpaired) electrons. The highest BCUT2D eigenvalue weighted by Gasteiger charge is 2.28. The first-order valence-corrected chi connectivity index (χ1v) is 5.82. The predicted molar refractivity (Wildman–Crippen MR) is 64.7 cm³/mol. The summed E-state index contributed by atoms with van der Waals surface area (Å²) in [5.74, 6) is -0.224. The van der Waals surface area contributed by atoms with E-state index in [9.17, 15) is 9.59 Å². The number of amides is 3. The van der Waals surface area contributed by atoms with Crippen LogP contribution < -0.4 is 5.32 Å². The fourth-order valence-corrected chi connectivity index (χ4v) is 2.22. The van der Waals surface area contributed by atoms with Gasteiger partial charge in [0.05, 0.1) is 6.04 Å². The summed E-state index contributed by atoms with van der Waals surface area (Å²) in [6.45, 7) is 2.33. The van der Waals surface area contributed by atoms with E-state index in [4.69, 9.17) is 11.6 Å². The second-order valence-electron chi connectivity index (χ2n) is 3.99. The lowest BCUT2D eigenvalue weighted by Crippen LogP contribution is -2.50. The van der Waals surface area contributed by atoms with E-state index < -0.39 is 0 Å². The zero-order valence-corrected chi connectivity index (χ0v) is 10.2. The summed E-state index contributed by atoms with van der Waals surface area (Å²) in [4.78, 5) is 24.4. The molecule has 1 aliphatic rings. The lowest BCUT2D eigenvalue weighted by molar-refractivity contribution is -0.121. The molecule has 0 saturated carbocycles. The molecule has 0 aromatic heterocycles. The minimum Gasteiger partial charge on any atom is -0.317 e. The molecule has 5 heteroatoms. The molecule has 17 heavy (non-hydrogen) atoms. The topological polar surface area (TPSA) is 49.4 Å². The Morgan fingerprint density at radius 2 is 2.06 bits per heavy atom. The second-order valence-corrected chi connectivity index (χ2v) is 4.40. The maximum atomic E-state index is 11.7. The third-order valence-electron chi connectivity index (χ3n) is 2.91. The quantitative estimate of drug-likeness (QED) is 0.878. The van der Waals surface area contributed by atoms with Crippen molar-refractivity contribution in [2.24, 2.45) is 0 Å². The van der Waals surface area contributed by atoms with E-state index in [1.165, 1.54) is 0 Å². The maximum Gasteiger partial charge on any atom is 0.324 e.